The topological polar surface area (TPSA) is 67.2 Å². The number of rotatable bonds is 4. The number of aromatic carboxylic acids is 1. The predicted molar refractivity (Wildman–Crippen MR) is 52.1 cm³/mol. The molecule has 0 atom stereocenters. The maximum atomic E-state index is 10.7. The molecule has 0 aliphatic carbocycles. The van der Waals surface area contributed by atoms with Gasteiger partial charge < -0.3 is 10.4 Å². The van der Waals surface area contributed by atoms with E-state index in [1.54, 1.807) is 13.1 Å². The minimum Gasteiger partial charge on any atom is -0.477 e. The van der Waals surface area contributed by atoms with E-state index in [2.05, 4.69) is 10.4 Å². The molecule has 0 saturated heterocycles. The van der Waals surface area contributed by atoms with Crippen molar-refractivity contribution in [2.45, 2.75) is 26.4 Å². The van der Waals surface area contributed by atoms with Crippen molar-refractivity contribution in [1.82, 2.24) is 15.1 Å². The van der Waals surface area contributed by atoms with Gasteiger partial charge in [-0.25, -0.2) is 4.79 Å². The molecule has 0 aliphatic rings. The van der Waals surface area contributed by atoms with Gasteiger partial charge in [-0.05, 0) is 6.07 Å². The summed E-state index contributed by atoms with van der Waals surface area (Å²) in [5, 5.41) is 16.0. The first kappa shape index (κ1) is 10.7. The van der Waals surface area contributed by atoms with Crippen molar-refractivity contribution < 1.29 is 9.90 Å². The van der Waals surface area contributed by atoms with Crippen molar-refractivity contribution in [3.8, 4) is 0 Å². The van der Waals surface area contributed by atoms with E-state index in [1.165, 1.54) is 4.68 Å². The van der Waals surface area contributed by atoms with Crippen LogP contribution >= 0.6 is 0 Å². The molecule has 1 aromatic heterocycles. The van der Waals surface area contributed by atoms with E-state index in [-0.39, 0.29) is 5.69 Å². The molecule has 0 unspecified atom stereocenters. The van der Waals surface area contributed by atoms with Gasteiger partial charge in [0.2, 0.25) is 0 Å². The number of carboxylic acids is 1. The Hall–Kier alpha value is -1.36. The molecule has 5 nitrogen and oxygen atoms in total. The Kier molecular flexibility index (Phi) is 3.24. The number of hydrogen-bond acceptors (Lipinski definition) is 3. The SMILES string of the molecule is CC(C)NCc1cc(C(=O)O)n(C)n1. The first-order valence-corrected chi connectivity index (χ1v) is 4.50. The number of aromatic nitrogens is 2. The van der Waals surface area contributed by atoms with Gasteiger partial charge in [0.25, 0.3) is 0 Å². The number of hydrogen-bond donors (Lipinski definition) is 2. The molecule has 0 spiro atoms. The molecule has 0 saturated carbocycles. The maximum Gasteiger partial charge on any atom is 0.354 e. The first-order chi connectivity index (χ1) is 6.50. The lowest BCUT2D eigenvalue weighted by atomic mass is 10.3. The Morgan fingerprint density at radius 3 is 2.79 bits per heavy atom. The van der Waals surface area contributed by atoms with Crippen LogP contribution in [0.3, 0.4) is 0 Å². The summed E-state index contributed by atoms with van der Waals surface area (Å²) in [5.74, 6) is -0.948. The minimum atomic E-state index is -0.948. The maximum absolute atomic E-state index is 10.7. The molecule has 1 aromatic rings. The summed E-state index contributed by atoms with van der Waals surface area (Å²) in [6.07, 6.45) is 0. The summed E-state index contributed by atoms with van der Waals surface area (Å²) < 4.78 is 1.37. The lowest BCUT2D eigenvalue weighted by Crippen LogP contribution is -2.22. The quantitative estimate of drug-likeness (QED) is 0.742. The number of aryl methyl sites for hydroxylation is 1. The molecule has 2 N–H and O–H groups in total. The smallest absolute Gasteiger partial charge is 0.354 e. The predicted octanol–water partition coefficient (Wildman–Crippen LogP) is 0.616. The third-order valence-electron chi connectivity index (χ3n) is 1.84. The summed E-state index contributed by atoms with van der Waals surface area (Å²) in [6, 6.07) is 1.95. The summed E-state index contributed by atoms with van der Waals surface area (Å²) in [5.41, 5.74) is 0.962. The molecular weight excluding hydrogens is 182 g/mol. The molecule has 0 fully saturated rings. The second-order valence-electron chi connectivity index (χ2n) is 3.49. The normalized spacial score (nSPS) is 10.9. The van der Waals surface area contributed by atoms with E-state index >= 15 is 0 Å². The highest BCUT2D eigenvalue weighted by molar-refractivity contribution is 5.85. The number of carboxylic acid groups (broad SMARTS) is 1. The van der Waals surface area contributed by atoms with E-state index in [1.807, 2.05) is 13.8 Å². The Morgan fingerprint density at radius 1 is 1.71 bits per heavy atom. The van der Waals surface area contributed by atoms with Crippen LogP contribution in [0.2, 0.25) is 0 Å². The molecule has 5 heteroatoms. The summed E-state index contributed by atoms with van der Waals surface area (Å²) in [4.78, 5) is 10.7. The van der Waals surface area contributed by atoms with Crippen LogP contribution in [0.15, 0.2) is 6.07 Å². The van der Waals surface area contributed by atoms with Crippen molar-refractivity contribution >= 4 is 5.97 Å². The third kappa shape index (κ3) is 2.56. The first-order valence-electron chi connectivity index (χ1n) is 4.50. The Balaban J connectivity index is 2.71. The van der Waals surface area contributed by atoms with Crippen LogP contribution < -0.4 is 5.32 Å². The molecule has 0 aromatic carbocycles. The van der Waals surface area contributed by atoms with Gasteiger partial charge in [0.05, 0.1) is 5.69 Å². The Morgan fingerprint density at radius 2 is 2.36 bits per heavy atom. The van der Waals surface area contributed by atoms with Crippen LogP contribution in [0.25, 0.3) is 0 Å². The van der Waals surface area contributed by atoms with Crippen LogP contribution in [-0.2, 0) is 13.6 Å². The summed E-state index contributed by atoms with van der Waals surface area (Å²) in [6.45, 7) is 4.65. The molecule has 1 heterocycles. The van der Waals surface area contributed by atoms with Crippen molar-refractivity contribution in [1.29, 1.82) is 0 Å². The fraction of sp³-hybridized carbons (Fsp3) is 0.556. The van der Waals surface area contributed by atoms with Crippen LogP contribution in [0.4, 0.5) is 0 Å². The minimum absolute atomic E-state index is 0.213. The molecule has 0 bridgehead atoms. The van der Waals surface area contributed by atoms with Gasteiger partial charge in [-0.2, -0.15) is 5.10 Å². The van der Waals surface area contributed by atoms with E-state index in [4.69, 9.17) is 5.11 Å². The van der Waals surface area contributed by atoms with Crippen LogP contribution in [0.1, 0.15) is 30.0 Å². The van der Waals surface area contributed by atoms with Gasteiger partial charge in [0.1, 0.15) is 5.69 Å². The second kappa shape index (κ2) is 4.23. The third-order valence-corrected chi connectivity index (χ3v) is 1.84. The van der Waals surface area contributed by atoms with Crippen molar-refractivity contribution in [2.24, 2.45) is 7.05 Å². The lowest BCUT2D eigenvalue weighted by molar-refractivity contribution is 0.0685. The molecule has 14 heavy (non-hydrogen) atoms. The standard InChI is InChI=1S/C9H15N3O2/c1-6(2)10-5-7-4-8(9(13)14)12(3)11-7/h4,6,10H,5H2,1-3H3,(H,13,14). The highest BCUT2D eigenvalue weighted by Gasteiger charge is 2.11. The van der Waals surface area contributed by atoms with Gasteiger partial charge in [-0.3, -0.25) is 4.68 Å². The zero-order valence-electron chi connectivity index (χ0n) is 8.61. The number of nitrogens with zero attached hydrogens (tertiary/aromatic N) is 2. The largest absolute Gasteiger partial charge is 0.477 e. The zero-order chi connectivity index (χ0) is 10.7. The zero-order valence-corrected chi connectivity index (χ0v) is 8.61. The number of nitrogens with one attached hydrogen (secondary N) is 1. The van der Waals surface area contributed by atoms with Gasteiger partial charge in [-0.1, -0.05) is 13.8 Å². The lowest BCUT2D eigenvalue weighted by Gasteiger charge is -2.04. The monoisotopic (exact) mass is 197 g/mol. The Bertz CT molecular complexity index is 331. The fourth-order valence-electron chi connectivity index (χ4n) is 1.12. The van der Waals surface area contributed by atoms with Crippen molar-refractivity contribution in [3.63, 3.8) is 0 Å². The van der Waals surface area contributed by atoms with E-state index < -0.39 is 5.97 Å². The summed E-state index contributed by atoms with van der Waals surface area (Å²) >= 11 is 0. The van der Waals surface area contributed by atoms with Crippen LogP contribution in [0.5, 0.6) is 0 Å². The van der Waals surface area contributed by atoms with Crippen molar-refractivity contribution in [2.75, 3.05) is 0 Å². The van der Waals surface area contributed by atoms with E-state index in [0.717, 1.165) is 5.69 Å². The van der Waals surface area contributed by atoms with Gasteiger partial charge in [0, 0.05) is 19.6 Å². The van der Waals surface area contributed by atoms with Gasteiger partial charge >= 0.3 is 5.97 Å². The molecule has 0 amide bonds. The number of carbonyl (C=O) groups is 1. The molecular formula is C9H15N3O2. The molecule has 1 rings (SSSR count). The Labute approximate surface area is 82.7 Å². The average molecular weight is 197 g/mol. The second-order valence-corrected chi connectivity index (χ2v) is 3.49. The fourth-order valence-corrected chi connectivity index (χ4v) is 1.12. The van der Waals surface area contributed by atoms with Crippen LogP contribution in [0, 0.1) is 0 Å². The van der Waals surface area contributed by atoms with E-state index in [0.29, 0.717) is 12.6 Å². The van der Waals surface area contributed by atoms with Gasteiger partial charge in [0.15, 0.2) is 0 Å². The molecule has 0 aliphatic heterocycles. The highest BCUT2D eigenvalue weighted by atomic mass is 16.4. The van der Waals surface area contributed by atoms with Crippen molar-refractivity contribution in [3.05, 3.63) is 17.5 Å². The summed E-state index contributed by atoms with van der Waals surface area (Å²) in [7, 11) is 1.63. The average Bonchev–Trinajstić information content (AvgIpc) is 2.43. The van der Waals surface area contributed by atoms with Crippen LogP contribution in [-0.4, -0.2) is 26.9 Å². The molecule has 0 radical (unpaired) electrons. The molecule has 78 valence electrons. The van der Waals surface area contributed by atoms with Gasteiger partial charge in [-0.15, -0.1) is 0 Å². The van der Waals surface area contributed by atoms with E-state index in [9.17, 15) is 4.79 Å². The highest BCUT2D eigenvalue weighted by Crippen LogP contribution is 2.02.